The van der Waals surface area contributed by atoms with Crippen LogP contribution in [-0.4, -0.2) is 41.8 Å². The zero-order valence-electron chi connectivity index (χ0n) is 24.1. The minimum absolute atomic E-state index is 0.0972. The van der Waals surface area contributed by atoms with Crippen molar-refractivity contribution in [2.45, 2.75) is 24.1 Å². The Morgan fingerprint density at radius 3 is 1.61 bits per heavy atom. The number of hydrogen-bond acceptors (Lipinski definition) is 6. The molecule has 5 nitrogen and oxygen atoms in total. The number of esters is 2. The van der Waals surface area contributed by atoms with Gasteiger partial charge in [-0.05, 0) is 52.1 Å². The fourth-order valence-electron chi connectivity index (χ4n) is 5.15. The van der Waals surface area contributed by atoms with E-state index in [4.69, 9.17) is 14.2 Å². The summed E-state index contributed by atoms with van der Waals surface area (Å²) in [7, 11) is 0. The molecule has 44 heavy (non-hydrogen) atoms. The highest BCUT2D eigenvalue weighted by Gasteiger charge is 2.41. The third kappa shape index (κ3) is 7.28. The molecule has 0 radical (unpaired) electrons. The third-order valence-corrected chi connectivity index (χ3v) is 8.95. The average molecular weight is 601 g/mol. The first-order valence-corrected chi connectivity index (χ1v) is 15.6. The molecular weight excluding hydrogens is 568 g/mol. The SMILES string of the molecule is O=C(OC[C@H]1SC[C@@H](OCc2ccccc2)[C@H]1OC(=O)c1ccc(-c2ccccc2)cc1)c1ccc(-c2ccccc2)cc1. The molecule has 6 heteroatoms. The van der Waals surface area contributed by atoms with Gasteiger partial charge >= 0.3 is 11.9 Å². The monoisotopic (exact) mass is 600 g/mol. The van der Waals surface area contributed by atoms with Crippen LogP contribution in [0.15, 0.2) is 140 Å². The molecule has 1 saturated heterocycles. The van der Waals surface area contributed by atoms with E-state index in [0.29, 0.717) is 23.5 Å². The molecule has 0 unspecified atom stereocenters. The van der Waals surface area contributed by atoms with Crippen molar-refractivity contribution in [2.24, 2.45) is 0 Å². The molecule has 5 aromatic carbocycles. The molecule has 0 saturated carbocycles. The fourth-order valence-corrected chi connectivity index (χ4v) is 6.46. The lowest BCUT2D eigenvalue weighted by Crippen LogP contribution is -2.38. The van der Waals surface area contributed by atoms with E-state index < -0.39 is 18.0 Å². The summed E-state index contributed by atoms with van der Waals surface area (Å²) < 4.78 is 18.1. The van der Waals surface area contributed by atoms with E-state index in [2.05, 4.69) is 0 Å². The Bertz CT molecular complexity index is 1660. The summed E-state index contributed by atoms with van der Waals surface area (Å²) in [6.45, 7) is 0.492. The molecule has 0 N–H and O–H groups in total. The Balaban J connectivity index is 1.12. The van der Waals surface area contributed by atoms with E-state index in [1.54, 1.807) is 36.0 Å². The quantitative estimate of drug-likeness (QED) is 0.151. The van der Waals surface area contributed by atoms with Crippen LogP contribution in [0.5, 0.6) is 0 Å². The zero-order valence-corrected chi connectivity index (χ0v) is 24.9. The maximum absolute atomic E-state index is 13.3. The topological polar surface area (TPSA) is 61.8 Å². The van der Waals surface area contributed by atoms with Gasteiger partial charge in [-0.25, -0.2) is 9.59 Å². The molecule has 0 aliphatic carbocycles. The molecule has 220 valence electrons. The molecule has 0 aromatic heterocycles. The van der Waals surface area contributed by atoms with Crippen LogP contribution < -0.4 is 0 Å². The molecule has 1 aliphatic heterocycles. The lowest BCUT2D eigenvalue weighted by Gasteiger charge is -2.24. The van der Waals surface area contributed by atoms with Crippen molar-refractivity contribution in [3.05, 3.63) is 156 Å². The van der Waals surface area contributed by atoms with Gasteiger partial charge in [-0.2, -0.15) is 0 Å². The van der Waals surface area contributed by atoms with Gasteiger partial charge in [0.1, 0.15) is 18.8 Å². The summed E-state index contributed by atoms with van der Waals surface area (Å²) in [6, 6.07) is 44.6. The highest BCUT2D eigenvalue weighted by Crippen LogP contribution is 2.33. The van der Waals surface area contributed by atoms with Crippen molar-refractivity contribution in [3.8, 4) is 22.3 Å². The Hall–Kier alpha value is -4.65. The van der Waals surface area contributed by atoms with Crippen molar-refractivity contribution in [2.75, 3.05) is 12.4 Å². The van der Waals surface area contributed by atoms with Gasteiger partial charge in [0.05, 0.1) is 23.0 Å². The number of thioether (sulfide) groups is 1. The molecule has 1 heterocycles. The number of ether oxygens (including phenoxy) is 3. The average Bonchev–Trinajstić information content (AvgIpc) is 3.48. The molecule has 3 atom stereocenters. The fraction of sp³-hybridized carbons (Fsp3) is 0.158. The molecule has 1 aliphatic rings. The lowest BCUT2D eigenvalue weighted by atomic mass is 10.0. The van der Waals surface area contributed by atoms with Crippen molar-refractivity contribution >= 4 is 23.7 Å². The number of carbonyl (C=O) groups excluding carboxylic acids is 2. The zero-order chi connectivity index (χ0) is 30.1. The summed E-state index contributed by atoms with van der Waals surface area (Å²) in [5, 5.41) is -0.268. The predicted octanol–water partition coefficient (Wildman–Crippen LogP) is 8.10. The van der Waals surface area contributed by atoms with Crippen LogP contribution in [0.3, 0.4) is 0 Å². The maximum Gasteiger partial charge on any atom is 0.338 e. The lowest BCUT2D eigenvalue weighted by molar-refractivity contribution is -0.0484. The summed E-state index contributed by atoms with van der Waals surface area (Å²) in [5.74, 6) is -0.232. The van der Waals surface area contributed by atoms with Gasteiger partial charge in [0, 0.05) is 5.75 Å². The van der Waals surface area contributed by atoms with Crippen LogP contribution in [0.1, 0.15) is 26.3 Å². The normalized spacial score (nSPS) is 17.6. The Morgan fingerprint density at radius 2 is 1.07 bits per heavy atom. The standard InChI is InChI=1S/C38H32O5S/c39-37(32-20-16-30(17-21-32)28-12-6-2-7-13-28)42-25-35-36(34(26-44-35)41-24-27-10-4-1-5-11-27)43-38(40)33-22-18-31(19-23-33)29-14-8-3-9-15-29/h1-23,34-36H,24-26H2/t34-,35-,36-/m1/s1. The second-order valence-electron chi connectivity index (χ2n) is 10.6. The number of hydrogen-bond donors (Lipinski definition) is 0. The third-order valence-electron chi connectivity index (χ3n) is 7.59. The van der Waals surface area contributed by atoms with E-state index >= 15 is 0 Å². The summed E-state index contributed by atoms with van der Waals surface area (Å²) in [5.41, 5.74) is 6.16. The minimum atomic E-state index is -0.585. The number of benzene rings is 5. The molecule has 1 fully saturated rings. The van der Waals surface area contributed by atoms with E-state index in [1.165, 1.54) is 0 Å². The summed E-state index contributed by atoms with van der Waals surface area (Å²) in [6.07, 6.45) is -0.931. The van der Waals surface area contributed by atoms with Crippen LogP contribution in [0, 0.1) is 0 Å². The second-order valence-corrected chi connectivity index (χ2v) is 11.8. The van der Waals surface area contributed by atoms with Crippen molar-refractivity contribution in [3.63, 3.8) is 0 Å². The first-order chi connectivity index (χ1) is 21.6. The van der Waals surface area contributed by atoms with Gasteiger partial charge in [-0.15, -0.1) is 11.8 Å². The van der Waals surface area contributed by atoms with Gasteiger partial charge in [-0.1, -0.05) is 115 Å². The second kappa shape index (κ2) is 14.2. The first-order valence-electron chi connectivity index (χ1n) is 14.6. The molecule has 6 rings (SSSR count). The number of carbonyl (C=O) groups is 2. The Morgan fingerprint density at radius 1 is 0.591 bits per heavy atom. The van der Waals surface area contributed by atoms with Crippen LogP contribution in [0.4, 0.5) is 0 Å². The molecular formula is C38H32O5S. The van der Waals surface area contributed by atoms with Crippen LogP contribution in [0.2, 0.25) is 0 Å². The predicted molar refractivity (Wildman–Crippen MR) is 175 cm³/mol. The number of rotatable bonds is 10. The van der Waals surface area contributed by atoms with Crippen LogP contribution in [-0.2, 0) is 20.8 Å². The van der Waals surface area contributed by atoms with E-state index in [9.17, 15) is 9.59 Å². The van der Waals surface area contributed by atoms with E-state index in [1.807, 2.05) is 115 Å². The highest BCUT2D eigenvalue weighted by atomic mass is 32.2. The van der Waals surface area contributed by atoms with Gasteiger partial charge in [0.2, 0.25) is 0 Å². The summed E-state index contributed by atoms with van der Waals surface area (Å²) in [4.78, 5) is 26.3. The van der Waals surface area contributed by atoms with Crippen molar-refractivity contribution < 1.29 is 23.8 Å². The van der Waals surface area contributed by atoms with Gasteiger partial charge in [0.25, 0.3) is 0 Å². The smallest absolute Gasteiger partial charge is 0.338 e. The molecule has 0 bridgehead atoms. The minimum Gasteiger partial charge on any atom is -0.461 e. The van der Waals surface area contributed by atoms with Crippen molar-refractivity contribution in [1.82, 2.24) is 0 Å². The molecule has 0 amide bonds. The summed E-state index contributed by atoms with van der Waals surface area (Å²) >= 11 is 1.59. The van der Waals surface area contributed by atoms with Crippen LogP contribution >= 0.6 is 11.8 Å². The van der Waals surface area contributed by atoms with Crippen LogP contribution in [0.25, 0.3) is 22.3 Å². The van der Waals surface area contributed by atoms with Gasteiger partial charge in [-0.3, -0.25) is 0 Å². The highest BCUT2D eigenvalue weighted by molar-refractivity contribution is 8.00. The Labute approximate surface area is 261 Å². The Kier molecular flexibility index (Phi) is 9.51. The molecule has 5 aromatic rings. The first kappa shape index (κ1) is 29.4. The van der Waals surface area contributed by atoms with E-state index in [-0.39, 0.29) is 18.0 Å². The maximum atomic E-state index is 13.3. The van der Waals surface area contributed by atoms with Gasteiger partial charge < -0.3 is 14.2 Å². The van der Waals surface area contributed by atoms with Crippen molar-refractivity contribution in [1.29, 1.82) is 0 Å². The molecule has 0 spiro atoms. The van der Waals surface area contributed by atoms with Gasteiger partial charge in [0.15, 0.2) is 0 Å². The van der Waals surface area contributed by atoms with E-state index in [0.717, 1.165) is 27.8 Å². The largest absolute Gasteiger partial charge is 0.461 e.